The number of nitrogens with zero attached hydrogens (tertiary/aromatic N) is 1. The van der Waals surface area contributed by atoms with Crippen LogP contribution in [0.4, 0.5) is 5.69 Å². The van der Waals surface area contributed by atoms with E-state index in [0.29, 0.717) is 23.0 Å². The standard InChI is InChI=1S/C19H25ClN2O3/c1-12-3-6-15(7-4-12)21-19(24)13-9-18(23)22(11-13)16-10-14(20)5-8-17(16)25-2/h5,8,10,12-13,15H,3-4,6-7,9,11H2,1-2H3,(H,21,24)/t12?,13-,15?/m0/s1. The minimum Gasteiger partial charge on any atom is -0.495 e. The third-order valence-corrected chi connectivity index (χ3v) is 5.52. The smallest absolute Gasteiger partial charge is 0.227 e. The van der Waals surface area contributed by atoms with Crippen LogP contribution in [0.5, 0.6) is 5.75 Å². The number of methoxy groups -OCH3 is 1. The van der Waals surface area contributed by atoms with E-state index in [2.05, 4.69) is 12.2 Å². The summed E-state index contributed by atoms with van der Waals surface area (Å²) in [5.74, 6) is 0.914. The first-order valence-electron chi connectivity index (χ1n) is 8.92. The Hall–Kier alpha value is -1.75. The van der Waals surface area contributed by atoms with E-state index in [4.69, 9.17) is 16.3 Å². The topological polar surface area (TPSA) is 58.6 Å². The third kappa shape index (κ3) is 4.09. The van der Waals surface area contributed by atoms with Crippen molar-refractivity contribution in [1.82, 2.24) is 5.32 Å². The maximum Gasteiger partial charge on any atom is 0.227 e. The molecule has 5 nitrogen and oxygen atoms in total. The van der Waals surface area contributed by atoms with Crippen LogP contribution in [-0.2, 0) is 9.59 Å². The Morgan fingerprint density at radius 1 is 1.28 bits per heavy atom. The Kier molecular flexibility index (Phi) is 5.52. The van der Waals surface area contributed by atoms with E-state index in [1.54, 1.807) is 30.2 Å². The van der Waals surface area contributed by atoms with Gasteiger partial charge in [0.2, 0.25) is 11.8 Å². The van der Waals surface area contributed by atoms with Gasteiger partial charge in [-0.05, 0) is 49.8 Å². The zero-order chi connectivity index (χ0) is 18.0. The number of hydrogen-bond donors (Lipinski definition) is 1. The molecular formula is C19H25ClN2O3. The number of carbonyl (C=O) groups excluding carboxylic acids is 2. The van der Waals surface area contributed by atoms with Gasteiger partial charge in [0.1, 0.15) is 5.75 Å². The number of rotatable bonds is 4. The van der Waals surface area contributed by atoms with Crippen molar-refractivity contribution in [3.05, 3.63) is 23.2 Å². The van der Waals surface area contributed by atoms with Gasteiger partial charge in [0.15, 0.2) is 0 Å². The summed E-state index contributed by atoms with van der Waals surface area (Å²) in [6.07, 6.45) is 4.59. The van der Waals surface area contributed by atoms with E-state index >= 15 is 0 Å². The van der Waals surface area contributed by atoms with Crippen molar-refractivity contribution in [2.75, 3.05) is 18.6 Å². The van der Waals surface area contributed by atoms with Gasteiger partial charge < -0.3 is 15.0 Å². The van der Waals surface area contributed by atoms with Gasteiger partial charge in [-0.15, -0.1) is 0 Å². The molecule has 0 aromatic heterocycles. The first kappa shape index (κ1) is 18.1. The molecule has 2 fully saturated rings. The van der Waals surface area contributed by atoms with Crippen molar-refractivity contribution in [1.29, 1.82) is 0 Å². The first-order valence-corrected chi connectivity index (χ1v) is 9.30. The Balaban J connectivity index is 1.66. The molecule has 1 aromatic rings. The highest BCUT2D eigenvalue weighted by Crippen LogP contribution is 2.35. The van der Waals surface area contributed by atoms with Crippen molar-refractivity contribution in [2.24, 2.45) is 11.8 Å². The molecule has 1 heterocycles. The number of hydrogen-bond acceptors (Lipinski definition) is 3. The minimum absolute atomic E-state index is 0.0172. The fourth-order valence-corrected chi connectivity index (χ4v) is 3.88. The van der Waals surface area contributed by atoms with Crippen molar-refractivity contribution in [3.8, 4) is 5.75 Å². The monoisotopic (exact) mass is 364 g/mol. The lowest BCUT2D eigenvalue weighted by Crippen LogP contribution is -2.41. The van der Waals surface area contributed by atoms with Crippen LogP contribution in [0.1, 0.15) is 39.0 Å². The summed E-state index contributed by atoms with van der Waals surface area (Å²) in [5.41, 5.74) is 0.627. The molecule has 0 radical (unpaired) electrons. The predicted octanol–water partition coefficient (Wildman–Crippen LogP) is 3.40. The Bertz CT molecular complexity index is 656. The second-order valence-corrected chi connectivity index (χ2v) is 7.62. The molecule has 6 heteroatoms. The highest BCUT2D eigenvalue weighted by Gasteiger charge is 2.37. The molecule has 0 unspecified atom stereocenters. The highest BCUT2D eigenvalue weighted by molar-refractivity contribution is 6.31. The summed E-state index contributed by atoms with van der Waals surface area (Å²) < 4.78 is 5.34. The van der Waals surface area contributed by atoms with Gasteiger partial charge >= 0.3 is 0 Å². The molecule has 1 aliphatic carbocycles. The van der Waals surface area contributed by atoms with Crippen LogP contribution in [-0.4, -0.2) is 31.5 Å². The van der Waals surface area contributed by atoms with Crippen LogP contribution in [0, 0.1) is 11.8 Å². The summed E-state index contributed by atoms with van der Waals surface area (Å²) in [6.45, 7) is 2.62. The van der Waals surface area contributed by atoms with E-state index in [1.807, 2.05) is 0 Å². The Morgan fingerprint density at radius 2 is 2.00 bits per heavy atom. The summed E-state index contributed by atoms with van der Waals surface area (Å²) in [5, 5.41) is 3.67. The molecule has 136 valence electrons. The first-order chi connectivity index (χ1) is 12.0. The zero-order valence-electron chi connectivity index (χ0n) is 14.8. The maximum atomic E-state index is 12.6. The SMILES string of the molecule is COc1ccc(Cl)cc1N1C[C@@H](C(=O)NC2CCC(C)CC2)CC1=O. The number of benzene rings is 1. The molecule has 1 saturated heterocycles. The number of anilines is 1. The molecule has 1 atom stereocenters. The fourth-order valence-electron chi connectivity index (χ4n) is 3.71. The summed E-state index contributed by atoms with van der Waals surface area (Å²) >= 11 is 6.07. The molecule has 25 heavy (non-hydrogen) atoms. The normalized spacial score (nSPS) is 26.6. The van der Waals surface area contributed by atoms with E-state index in [0.717, 1.165) is 31.6 Å². The summed E-state index contributed by atoms with van der Waals surface area (Å²) in [6, 6.07) is 5.41. The number of carbonyl (C=O) groups is 2. The number of nitrogens with one attached hydrogen (secondary N) is 1. The minimum atomic E-state index is -0.324. The molecule has 1 aromatic carbocycles. The lowest BCUT2D eigenvalue weighted by atomic mass is 9.87. The molecule has 2 amide bonds. The Morgan fingerprint density at radius 3 is 2.68 bits per heavy atom. The molecule has 1 saturated carbocycles. The predicted molar refractivity (Wildman–Crippen MR) is 98.0 cm³/mol. The van der Waals surface area contributed by atoms with Crippen LogP contribution in [0.15, 0.2) is 18.2 Å². The summed E-state index contributed by atoms with van der Waals surface area (Å²) in [4.78, 5) is 26.7. The second kappa shape index (κ2) is 7.65. The van der Waals surface area contributed by atoms with Gasteiger partial charge in [0.05, 0.1) is 18.7 Å². The lowest BCUT2D eigenvalue weighted by Gasteiger charge is -2.28. The molecule has 2 aliphatic rings. The number of amides is 2. The van der Waals surface area contributed by atoms with Crippen LogP contribution in [0.2, 0.25) is 5.02 Å². The molecule has 1 N–H and O–H groups in total. The highest BCUT2D eigenvalue weighted by atomic mass is 35.5. The van der Waals surface area contributed by atoms with Gasteiger partial charge in [-0.2, -0.15) is 0 Å². The molecular weight excluding hydrogens is 340 g/mol. The average molecular weight is 365 g/mol. The molecule has 3 rings (SSSR count). The van der Waals surface area contributed by atoms with Crippen molar-refractivity contribution in [2.45, 2.75) is 45.1 Å². The third-order valence-electron chi connectivity index (χ3n) is 5.29. The van der Waals surface area contributed by atoms with Gasteiger partial charge in [-0.25, -0.2) is 0 Å². The van der Waals surface area contributed by atoms with Crippen LogP contribution >= 0.6 is 11.6 Å². The van der Waals surface area contributed by atoms with E-state index in [-0.39, 0.29) is 30.2 Å². The van der Waals surface area contributed by atoms with Gasteiger partial charge in [-0.1, -0.05) is 18.5 Å². The van der Waals surface area contributed by atoms with Crippen molar-refractivity contribution in [3.63, 3.8) is 0 Å². The Labute approximate surface area is 153 Å². The fraction of sp³-hybridized carbons (Fsp3) is 0.579. The zero-order valence-corrected chi connectivity index (χ0v) is 15.5. The van der Waals surface area contributed by atoms with Crippen LogP contribution in [0.25, 0.3) is 0 Å². The van der Waals surface area contributed by atoms with Gasteiger partial charge in [0.25, 0.3) is 0 Å². The molecule has 0 bridgehead atoms. The van der Waals surface area contributed by atoms with Gasteiger partial charge in [0, 0.05) is 24.0 Å². The maximum absolute atomic E-state index is 12.6. The largest absolute Gasteiger partial charge is 0.495 e. The van der Waals surface area contributed by atoms with Gasteiger partial charge in [-0.3, -0.25) is 9.59 Å². The van der Waals surface area contributed by atoms with E-state index in [9.17, 15) is 9.59 Å². The van der Waals surface area contributed by atoms with Crippen molar-refractivity contribution >= 4 is 29.1 Å². The van der Waals surface area contributed by atoms with Crippen LogP contribution < -0.4 is 15.0 Å². The molecule has 1 aliphatic heterocycles. The average Bonchev–Trinajstić information content (AvgIpc) is 2.98. The number of halogens is 1. The van der Waals surface area contributed by atoms with Crippen LogP contribution in [0.3, 0.4) is 0 Å². The second-order valence-electron chi connectivity index (χ2n) is 7.19. The lowest BCUT2D eigenvalue weighted by molar-refractivity contribution is -0.127. The van der Waals surface area contributed by atoms with E-state index in [1.165, 1.54) is 0 Å². The number of ether oxygens (including phenoxy) is 1. The summed E-state index contributed by atoms with van der Waals surface area (Å²) in [7, 11) is 1.56. The molecule has 0 spiro atoms. The van der Waals surface area contributed by atoms with Crippen molar-refractivity contribution < 1.29 is 14.3 Å². The quantitative estimate of drug-likeness (QED) is 0.890. The van der Waals surface area contributed by atoms with E-state index < -0.39 is 0 Å².